The lowest BCUT2D eigenvalue weighted by Gasteiger charge is -2.25. The van der Waals surface area contributed by atoms with Crippen LogP contribution in [0.2, 0.25) is 10.0 Å². The predicted octanol–water partition coefficient (Wildman–Crippen LogP) is 5.85. The molecule has 4 rings (SSSR count). The number of nitrogens with one attached hydrogen (secondary N) is 1. The molecule has 0 bridgehead atoms. The molecule has 1 saturated heterocycles. The highest BCUT2D eigenvalue weighted by molar-refractivity contribution is 6.37. The fourth-order valence-corrected chi connectivity index (χ4v) is 4.47. The number of anilines is 2. The molecular formula is C27H25Cl2N3O3. The van der Waals surface area contributed by atoms with E-state index in [1.165, 1.54) is 7.11 Å². The summed E-state index contributed by atoms with van der Waals surface area (Å²) in [6.45, 7) is 4.36. The monoisotopic (exact) mass is 509 g/mol. The third-order valence-corrected chi connectivity index (χ3v) is 6.45. The third kappa shape index (κ3) is 5.75. The largest absolute Gasteiger partial charge is 0.495 e. The normalized spacial score (nSPS) is 13.6. The molecule has 0 radical (unpaired) electrons. The van der Waals surface area contributed by atoms with Crippen molar-refractivity contribution in [3.63, 3.8) is 0 Å². The van der Waals surface area contributed by atoms with E-state index in [4.69, 9.17) is 37.4 Å². The molecule has 0 aliphatic carbocycles. The van der Waals surface area contributed by atoms with E-state index in [9.17, 15) is 5.26 Å². The second kappa shape index (κ2) is 11.5. The highest BCUT2D eigenvalue weighted by Crippen LogP contribution is 2.39. The zero-order valence-electron chi connectivity index (χ0n) is 19.6. The van der Waals surface area contributed by atoms with E-state index in [1.807, 2.05) is 18.2 Å². The van der Waals surface area contributed by atoms with E-state index in [-0.39, 0.29) is 0 Å². The molecule has 8 heteroatoms. The van der Waals surface area contributed by atoms with Crippen molar-refractivity contribution in [3.05, 3.63) is 57.6 Å². The number of methoxy groups -OCH3 is 2. The van der Waals surface area contributed by atoms with Crippen LogP contribution in [0.25, 0.3) is 10.8 Å². The molecule has 35 heavy (non-hydrogen) atoms. The van der Waals surface area contributed by atoms with Crippen LogP contribution in [0.1, 0.15) is 17.5 Å². The number of fused-ring (bicyclic) bond motifs is 1. The molecule has 0 unspecified atom stereocenters. The summed E-state index contributed by atoms with van der Waals surface area (Å²) < 4.78 is 16.4. The van der Waals surface area contributed by atoms with Crippen LogP contribution in [0.5, 0.6) is 11.5 Å². The van der Waals surface area contributed by atoms with Gasteiger partial charge in [-0.25, -0.2) is 0 Å². The number of hydrogen-bond acceptors (Lipinski definition) is 6. The Bertz CT molecular complexity index is 1340. The molecule has 1 heterocycles. The smallest absolute Gasteiger partial charge is 0.139 e. The number of ether oxygens (including phenoxy) is 3. The minimum absolute atomic E-state index is 0.403. The number of benzene rings is 3. The second-order valence-electron chi connectivity index (χ2n) is 7.97. The summed E-state index contributed by atoms with van der Waals surface area (Å²) in [4.78, 5) is 2.36. The van der Waals surface area contributed by atoms with Crippen molar-refractivity contribution in [2.75, 3.05) is 52.4 Å². The van der Waals surface area contributed by atoms with Gasteiger partial charge in [0.1, 0.15) is 17.6 Å². The maximum atomic E-state index is 9.77. The molecule has 1 aliphatic heterocycles. The topological polar surface area (TPSA) is 66.8 Å². The molecule has 0 saturated carbocycles. The van der Waals surface area contributed by atoms with Gasteiger partial charge in [-0.05, 0) is 29.7 Å². The summed E-state index contributed by atoms with van der Waals surface area (Å²) in [6, 6.07) is 13.1. The minimum atomic E-state index is 0.403. The van der Waals surface area contributed by atoms with Crippen LogP contribution in [-0.2, 0) is 4.74 Å². The van der Waals surface area contributed by atoms with Gasteiger partial charge in [0.15, 0.2) is 0 Å². The number of rotatable bonds is 6. The molecule has 1 N–H and O–H groups in total. The first-order valence-electron chi connectivity index (χ1n) is 11.2. The van der Waals surface area contributed by atoms with E-state index in [0.717, 1.165) is 55.6 Å². The van der Waals surface area contributed by atoms with E-state index in [1.54, 1.807) is 25.3 Å². The van der Waals surface area contributed by atoms with Crippen LogP contribution >= 0.6 is 23.2 Å². The molecule has 3 aromatic carbocycles. The van der Waals surface area contributed by atoms with Crippen molar-refractivity contribution in [2.45, 2.75) is 6.42 Å². The van der Waals surface area contributed by atoms with Crippen molar-refractivity contribution in [2.24, 2.45) is 0 Å². The van der Waals surface area contributed by atoms with Gasteiger partial charge < -0.3 is 19.5 Å². The van der Waals surface area contributed by atoms with Crippen molar-refractivity contribution in [3.8, 4) is 29.4 Å². The Morgan fingerprint density at radius 2 is 1.77 bits per heavy atom. The molecule has 0 spiro atoms. The zero-order chi connectivity index (χ0) is 24.8. The molecular weight excluding hydrogens is 485 g/mol. The van der Waals surface area contributed by atoms with Gasteiger partial charge in [0, 0.05) is 37.5 Å². The SMILES string of the molecule is COc1cc(Nc2c(C#N)ccc3cc(C#CCCN4CCOCC4)c(OC)cc23)c(Cl)cc1Cl. The first-order valence-corrected chi connectivity index (χ1v) is 11.9. The quantitative estimate of drug-likeness (QED) is 0.420. The molecule has 0 amide bonds. The van der Waals surface area contributed by atoms with Gasteiger partial charge in [0.2, 0.25) is 0 Å². The van der Waals surface area contributed by atoms with Gasteiger partial charge in [0.25, 0.3) is 0 Å². The Morgan fingerprint density at radius 1 is 1.00 bits per heavy atom. The molecule has 1 fully saturated rings. The summed E-state index contributed by atoms with van der Waals surface area (Å²) >= 11 is 12.6. The first kappa shape index (κ1) is 25.0. The maximum Gasteiger partial charge on any atom is 0.139 e. The van der Waals surface area contributed by atoms with Gasteiger partial charge in [0.05, 0.1) is 60.0 Å². The summed E-state index contributed by atoms with van der Waals surface area (Å²) in [5.41, 5.74) is 2.45. The molecule has 0 atom stereocenters. The van der Waals surface area contributed by atoms with Gasteiger partial charge in [-0.15, -0.1) is 0 Å². The number of morpholine rings is 1. The van der Waals surface area contributed by atoms with Crippen LogP contribution in [0.4, 0.5) is 11.4 Å². The Labute approximate surface area is 215 Å². The van der Waals surface area contributed by atoms with E-state index >= 15 is 0 Å². The number of nitriles is 1. The Kier molecular flexibility index (Phi) is 8.23. The summed E-state index contributed by atoms with van der Waals surface area (Å²) in [5.74, 6) is 7.63. The maximum absolute atomic E-state index is 9.77. The Hall–Kier alpha value is -3.13. The van der Waals surface area contributed by atoms with Crippen LogP contribution < -0.4 is 14.8 Å². The Morgan fingerprint density at radius 3 is 2.49 bits per heavy atom. The lowest BCUT2D eigenvalue weighted by molar-refractivity contribution is 0.0390. The van der Waals surface area contributed by atoms with Crippen LogP contribution in [-0.4, -0.2) is 52.0 Å². The van der Waals surface area contributed by atoms with Gasteiger partial charge >= 0.3 is 0 Å². The lowest BCUT2D eigenvalue weighted by Crippen LogP contribution is -2.36. The first-order chi connectivity index (χ1) is 17.0. The average molecular weight is 510 g/mol. The highest BCUT2D eigenvalue weighted by atomic mass is 35.5. The fourth-order valence-electron chi connectivity index (χ4n) is 3.96. The van der Waals surface area contributed by atoms with E-state index in [0.29, 0.717) is 38.5 Å². The number of nitrogens with zero attached hydrogens (tertiary/aromatic N) is 2. The zero-order valence-corrected chi connectivity index (χ0v) is 21.1. The van der Waals surface area contributed by atoms with E-state index in [2.05, 4.69) is 28.1 Å². The second-order valence-corrected chi connectivity index (χ2v) is 8.79. The fraction of sp³-hybridized carbons (Fsp3) is 0.296. The lowest BCUT2D eigenvalue weighted by atomic mass is 10.0. The Balaban J connectivity index is 1.68. The van der Waals surface area contributed by atoms with Gasteiger partial charge in [-0.2, -0.15) is 5.26 Å². The highest BCUT2D eigenvalue weighted by Gasteiger charge is 2.15. The summed E-state index contributed by atoms with van der Waals surface area (Å²) in [6.07, 6.45) is 0.762. The third-order valence-electron chi connectivity index (χ3n) is 5.84. The molecule has 6 nitrogen and oxygen atoms in total. The van der Waals surface area contributed by atoms with Crippen LogP contribution in [0.15, 0.2) is 36.4 Å². The molecule has 3 aromatic rings. The molecule has 1 aliphatic rings. The number of hydrogen-bond donors (Lipinski definition) is 1. The van der Waals surface area contributed by atoms with Crippen LogP contribution in [0.3, 0.4) is 0 Å². The summed E-state index contributed by atoms with van der Waals surface area (Å²) in [5, 5.41) is 15.6. The van der Waals surface area contributed by atoms with Gasteiger partial charge in [-0.1, -0.05) is 41.1 Å². The predicted molar refractivity (Wildman–Crippen MR) is 140 cm³/mol. The van der Waals surface area contributed by atoms with Crippen molar-refractivity contribution >= 4 is 45.3 Å². The standard InChI is InChI=1S/C27H25Cl2N3O3/c1-33-25-14-21-18(13-19(25)5-3-4-8-32-9-11-35-12-10-32)6-7-20(17-30)27(21)31-24-16-26(34-2)23(29)15-22(24)28/h6-7,13-16,31H,4,8-12H2,1-2H3. The van der Waals surface area contributed by atoms with Gasteiger partial charge in [-0.3, -0.25) is 4.90 Å². The molecule has 0 aromatic heterocycles. The van der Waals surface area contributed by atoms with Crippen LogP contribution in [0, 0.1) is 23.2 Å². The van der Waals surface area contributed by atoms with Crippen molar-refractivity contribution < 1.29 is 14.2 Å². The molecule has 180 valence electrons. The van der Waals surface area contributed by atoms with E-state index < -0.39 is 0 Å². The number of halogens is 2. The average Bonchev–Trinajstić information content (AvgIpc) is 2.88. The summed E-state index contributed by atoms with van der Waals surface area (Å²) in [7, 11) is 3.15. The minimum Gasteiger partial charge on any atom is -0.495 e. The van der Waals surface area contributed by atoms with Crippen molar-refractivity contribution in [1.82, 2.24) is 4.90 Å². The van der Waals surface area contributed by atoms with Crippen molar-refractivity contribution in [1.29, 1.82) is 5.26 Å².